The van der Waals surface area contributed by atoms with Crippen LogP contribution in [0, 0.1) is 12.8 Å². The molecule has 0 atom stereocenters. The van der Waals surface area contributed by atoms with Crippen molar-refractivity contribution in [2.75, 3.05) is 24.9 Å². The number of pyridine rings is 2. The molecule has 1 aliphatic rings. The number of methoxy groups -OCH3 is 2. The summed E-state index contributed by atoms with van der Waals surface area (Å²) in [6.45, 7) is 10.3. The predicted octanol–water partition coefficient (Wildman–Crippen LogP) is 9.93. The lowest BCUT2D eigenvalue weighted by Crippen LogP contribution is -2.16. The third-order valence-corrected chi connectivity index (χ3v) is 8.42. The summed E-state index contributed by atoms with van der Waals surface area (Å²) in [5, 5.41) is 22.6. The van der Waals surface area contributed by atoms with Gasteiger partial charge in [0.25, 0.3) is 5.91 Å². The number of alkyl halides is 3. The van der Waals surface area contributed by atoms with E-state index in [1.165, 1.54) is 6.42 Å². The Morgan fingerprint density at radius 3 is 2.20 bits per heavy atom. The minimum atomic E-state index is -4.54. The Bertz CT molecular complexity index is 1960. The second-order valence-electron chi connectivity index (χ2n) is 11.8. The summed E-state index contributed by atoms with van der Waals surface area (Å²) < 4.78 is 49.8. The smallest absolute Gasteiger partial charge is 0.416 e. The summed E-state index contributed by atoms with van der Waals surface area (Å²) in [6.07, 6.45) is 3.42. The molecule has 54 heavy (non-hydrogen) atoms. The van der Waals surface area contributed by atoms with E-state index in [4.69, 9.17) is 14.6 Å². The van der Waals surface area contributed by atoms with E-state index in [9.17, 15) is 22.8 Å². The van der Waals surface area contributed by atoms with Crippen LogP contribution >= 0.6 is 0 Å². The van der Waals surface area contributed by atoms with Crippen molar-refractivity contribution in [2.24, 2.45) is 5.92 Å². The Morgan fingerprint density at radius 1 is 0.926 bits per heavy atom. The molecule has 1 saturated carbocycles. The standard InChI is InChI=1S/C29H25F3N6O3.C7H12O2.2C2H6/c1-16-14-34-27(35-15-19-8-9-21(40-2)13-22(19)41-3)24-25(16)37-38-26(24)17-4-6-18(7-5-17)28(39)36-23-12-20(10-11-33-23)29(30,31)32;8-7(9)6-4-2-1-3-5-6;2*1-2/h4-14H,15H2,1-3H3,(H,34,35)(H,37,38)(H,33,36,39);6H,1-5H2,(H,8,9);2*1-2H3. The number of benzene rings is 2. The van der Waals surface area contributed by atoms with E-state index in [1.54, 1.807) is 50.7 Å². The van der Waals surface area contributed by atoms with E-state index in [1.807, 2.05) is 46.8 Å². The molecule has 6 rings (SSSR count). The minimum absolute atomic E-state index is 0.0289. The lowest BCUT2D eigenvalue weighted by atomic mass is 9.90. The number of nitrogens with one attached hydrogen (secondary N) is 3. The molecule has 14 heteroatoms. The van der Waals surface area contributed by atoms with Crippen LogP contribution < -0.4 is 20.1 Å². The maximum atomic E-state index is 13.0. The Labute approximate surface area is 313 Å². The largest absolute Gasteiger partial charge is 0.497 e. The number of hydrogen-bond donors (Lipinski definition) is 4. The number of hydrogen-bond acceptors (Lipinski definition) is 8. The first-order valence-electron chi connectivity index (χ1n) is 17.9. The van der Waals surface area contributed by atoms with Crippen molar-refractivity contribution in [3.05, 3.63) is 89.2 Å². The van der Waals surface area contributed by atoms with E-state index < -0.39 is 23.6 Å². The van der Waals surface area contributed by atoms with Crippen molar-refractivity contribution in [2.45, 2.75) is 79.4 Å². The number of amides is 1. The van der Waals surface area contributed by atoms with Crippen molar-refractivity contribution in [3.8, 4) is 22.8 Å². The number of aromatic amines is 1. The van der Waals surface area contributed by atoms with Crippen LogP contribution in [0.25, 0.3) is 22.2 Å². The van der Waals surface area contributed by atoms with E-state index >= 15 is 0 Å². The van der Waals surface area contributed by atoms with Gasteiger partial charge >= 0.3 is 12.1 Å². The first-order valence-corrected chi connectivity index (χ1v) is 17.9. The van der Waals surface area contributed by atoms with Crippen LogP contribution in [0.3, 0.4) is 0 Å². The van der Waals surface area contributed by atoms with E-state index in [2.05, 4.69) is 30.8 Å². The third-order valence-electron chi connectivity index (χ3n) is 8.42. The molecule has 3 heterocycles. The maximum absolute atomic E-state index is 13.0. The van der Waals surface area contributed by atoms with Gasteiger partial charge in [-0.15, -0.1) is 0 Å². The first-order chi connectivity index (χ1) is 26.0. The molecule has 11 nitrogen and oxygen atoms in total. The zero-order valence-electron chi connectivity index (χ0n) is 31.7. The molecule has 2 aromatic carbocycles. The molecular weight excluding hydrogens is 701 g/mol. The lowest BCUT2D eigenvalue weighted by Gasteiger charge is -2.16. The number of anilines is 2. The van der Waals surface area contributed by atoms with Gasteiger partial charge in [0, 0.05) is 41.7 Å². The summed E-state index contributed by atoms with van der Waals surface area (Å²) >= 11 is 0. The Hall–Kier alpha value is -5.66. The monoisotopic (exact) mass is 750 g/mol. The number of aryl methyl sites for hydroxylation is 1. The highest BCUT2D eigenvalue weighted by Gasteiger charge is 2.31. The molecule has 0 radical (unpaired) electrons. The van der Waals surface area contributed by atoms with Gasteiger partial charge < -0.3 is 25.2 Å². The fraction of sp³-hybridized carbons (Fsp3) is 0.375. The molecule has 0 saturated heterocycles. The van der Waals surface area contributed by atoms with Crippen molar-refractivity contribution in [1.82, 2.24) is 20.2 Å². The molecule has 5 aromatic rings. The molecule has 1 amide bonds. The van der Waals surface area contributed by atoms with E-state index in [-0.39, 0.29) is 17.3 Å². The van der Waals surface area contributed by atoms with E-state index in [0.29, 0.717) is 29.6 Å². The molecule has 0 bridgehead atoms. The molecular formula is C40H49F3N6O5. The molecule has 0 unspecified atom stereocenters. The number of aromatic nitrogens is 4. The van der Waals surface area contributed by atoms with Crippen LogP contribution in [-0.4, -0.2) is 51.4 Å². The molecule has 4 N–H and O–H groups in total. The molecule has 0 aliphatic heterocycles. The van der Waals surface area contributed by atoms with Gasteiger partial charge in [-0.3, -0.25) is 14.7 Å². The lowest BCUT2D eigenvalue weighted by molar-refractivity contribution is -0.142. The topological polar surface area (TPSA) is 151 Å². The average Bonchev–Trinajstić information content (AvgIpc) is 3.66. The van der Waals surface area contributed by atoms with Crippen LogP contribution in [0.5, 0.6) is 11.5 Å². The fourth-order valence-electron chi connectivity index (χ4n) is 5.67. The number of nitrogens with zero attached hydrogens (tertiary/aromatic N) is 3. The van der Waals surface area contributed by atoms with Crippen molar-refractivity contribution in [3.63, 3.8) is 0 Å². The summed E-state index contributed by atoms with van der Waals surface area (Å²) in [4.78, 5) is 31.5. The molecule has 3 aromatic heterocycles. The van der Waals surface area contributed by atoms with Crippen LogP contribution in [-0.2, 0) is 17.5 Å². The number of fused-ring (bicyclic) bond motifs is 1. The Morgan fingerprint density at radius 2 is 1.61 bits per heavy atom. The molecule has 290 valence electrons. The van der Waals surface area contributed by atoms with Gasteiger partial charge in [0.2, 0.25) is 0 Å². The van der Waals surface area contributed by atoms with Gasteiger partial charge in [-0.1, -0.05) is 59.1 Å². The van der Waals surface area contributed by atoms with Crippen molar-refractivity contribution in [1.29, 1.82) is 0 Å². The van der Waals surface area contributed by atoms with Crippen molar-refractivity contribution < 1.29 is 37.3 Å². The number of H-pyrrole nitrogens is 1. The quantitative estimate of drug-likeness (QED) is 0.115. The Kier molecular flexibility index (Phi) is 16.3. The summed E-state index contributed by atoms with van der Waals surface area (Å²) in [5.74, 6) is 0.534. The highest BCUT2D eigenvalue weighted by Crippen LogP contribution is 2.34. The van der Waals surface area contributed by atoms with Crippen LogP contribution in [0.2, 0.25) is 0 Å². The average molecular weight is 751 g/mol. The third kappa shape index (κ3) is 11.2. The number of carboxylic acid groups (broad SMARTS) is 1. The number of halogens is 3. The summed E-state index contributed by atoms with van der Waals surface area (Å²) in [7, 11) is 3.18. The normalized spacial score (nSPS) is 12.5. The Balaban J connectivity index is 0.000000518. The fourth-order valence-corrected chi connectivity index (χ4v) is 5.67. The number of carbonyl (C=O) groups excluding carboxylic acids is 1. The van der Waals surface area contributed by atoms with Gasteiger partial charge in [-0.05, 0) is 61.7 Å². The molecule has 1 fully saturated rings. The van der Waals surface area contributed by atoms with Crippen molar-refractivity contribution >= 4 is 34.4 Å². The van der Waals surface area contributed by atoms with Crippen LogP contribution in [0.4, 0.5) is 24.8 Å². The number of carbonyl (C=O) groups is 2. The van der Waals surface area contributed by atoms with Gasteiger partial charge in [-0.25, -0.2) is 9.97 Å². The van der Waals surface area contributed by atoms with Gasteiger partial charge in [0.15, 0.2) is 0 Å². The van der Waals surface area contributed by atoms with Gasteiger partial charge in [-0.2, -0.15) is 18.3 Å². The predicted molar refractivity (Wildman–Crippen MR) is 205 cm³/mol. The molecule has 0 spiro atoms. The minimum Gasteiger partial charge on any atom is -0.497 e. The SMILES string of the molecule is CC.CC.COc1ccc(CNc2ncc(C)c3n[nH]c(-c4ccc(C(=O)Nc5cc(C(F)(F)F)ccn5)cc4)c23)c(OC)c1.O=C(O)C1CCCCC1. The zero-order valence-corrected chi connectivity index (χ0v) is 31.7. The number of rotatable bonds is 9. The summed E-state index contributed by atoms with van der Waals surface area (Å²) in [6, 6.07) is 13.8. The van der Waals surface area contributed by atoms with Crippen LogP contribution in [0.15, 0.2) is 67.0 Å². The summed E-state index contributed by atoms with van der Waals surface area (Å²) in [5.41, 5.74) is 3.28. The number of aliphatic carboxylic acids is 1. The number of ether oxygens (including phenoxy) is 2. The second-order valence-corrected chi connectivity index (χ2v) is 11.8. The second kappa shape index (κ2) is 20.5. The van der Waals surface area contributed by atoms with Gasteiger partial charge in [0.1, 0.15) is 28.7 Å². The van der Waals surface area contributed by atoms with E-state index in [0.717, 1.165) is 71.6 Å². The number of carboxylic acids is 1. The first kappa shape index (κ1) is 42.8. The molecule has 1 aliphatic carbocycles. The van der Waals surface area contributed by atoms with Gasteiger partial charge in [0.05, 0.1) is 36.8 Å². The maximum Gasteiger partial charge on any atom is 0.416 e. The van der Waals surface area contributed by atoms with Crippen LogP contribution in [0.1, 0.15) is 86.8 Å². The highest BCUT2D eigenvalue weighted by atomic mass is 19.4. The zero-order chi connectivity index (χ0) is 39.8. The highest BCUT2D eigenvalue weighted by molar-refractivity contribution is 6.05.